The first-order valence-corrected chi connectivity index (χ1v) is 10.8. The van der Waals surface area contributed by atoms with E-state index in [2.05, 4.69) is 19.4 Å². The molecular weight excluding hydrogens is 404 g/mol. The second kappa shape index (κ2) is 5.88. The maximum atomic E-state index is 13.3. The zero-order valence-corrected chi connectivity index (χ0v) is 16.5. The number of rotatable bonds is 4. The molecule has 1 aliphatic heterocycles. The van der Waals surface area contributed by atoms with E-state index in [0.29, 0.717) is 22.8 Å². The number of imidazole rings is 1. The van der Waals surface area contributed by atoms with Crippen LogP contribution in [-0.2, 0) is 16.9 Å². The molecule has 0 bridgehead atoms. The first-order chi connectivity index (χ1) is 13.7. The summed E-state index contributed by atoms with van der Waals surface area (Å²) in [5.41, 5.74) is 2.01. The van der Waals surface area contributed by atoms with Gasteiger partial charge in [0.25, 0.3) is 0 Å². The van der Waals surface area contributed by atoms with Crippen LogP contribution in [0.1, 0.15) is 31.2 Å². The minimum absolute atomic E-state index is 0.0647. The van der Waals surface area contributed by atoms with Crippen molar-refractivity contribution in [3.8, 4) is 23.0 Å². The highest BCUT2D eigenvalue weighted by Crippen LogP contribution is 2.44. The van der Waals surface area contributed by atoms with E-state index in [1.165, 1.54) is 12.1 Å². The third kappa shape index (κ3) is 2.93. The molecule has 3 aromatic rings. The van der Waals surface area contributed by atoms with Crippen LogP contribution in [0.15, 0.2) is 29.3 Å². The molecule has 0 radical (unpaired) electrons. The number of nitrogens with zero attached hydrogens (tertiary/aromatic N) is 3. The number of sulfone groups is 1. The Morgan fingerprint density at radius 3 is 2.55 bits per heavy atom. The van der Waals surface area contributed by atoms with Crippen LogP contribution in [0.3, 0.4) is 0 Å². The van der Waals surface area contributed by atoms with Crippen molar-refractivity contribution in [1.82, 2.24) is 14.5 Å². The Balaban J connectivity index is 1.69. The lowest BCUT2D eigenvalue weighted by molar-refractivity contribution is -0.286. The normalized spacial score (nSPS) is 17.8. The molecule has 29 heavy (non-hydrogen) atoms. The summed E-state index contributed by atoms with van der Waals surface area (Å²) >= 11 is 0. The molecule has 2 aromatic heterocycles. The Morgan fingerprint density at radius 1 is 1.21 bits per heavy atom. The van der Waals surface area contributed by atoms with E-state index in [1.54, 1.807) is 30.8 Å². The fourth-order valence-electron chi connectivity index (χ4n) is 3.51. The summed E-state index contributed by atoms with van der Waals surface area (Å²) in [6.07, 6.45) is 0.0170. The number of alkyl halides is 2. The van der Waals surface area contributed by atoms with Crippen molar-refractivity contribution >= 4 is 20.9 Å². The number of aromatic nitrogens is 3. The van der Waals surface area contributed by atoms with Gasteiger partial charge in [-0.1, -0.05) is 6.92 Å². The number of fused-ring (bicyclic) bond motifs is 2. The molecule has 0 saturated heterocycles. The van der Waals surface area contributed by atoms with E-state index in [-0.39, 0.29) is 27.8 Å². The average Bonchev–Trinajstić information content (AvgIpc) is 3.41. The summed E-state index contributed by atoms with van der Waals surface area (Å²) in [5, 5.41) is 0. The van der Waals surface area contributed by atoms with Gasteiger partial charge in [0.1, 0.15) is 5.69 Å². The third-order valence-corrected chi connectivity index (χ3v) is 6.99. The molecule has 152 valence electrons. The van der Waals surface area contributed by atoms with Gasteiger partial charge in [0.2, 0.25) is 0 Å². The second-order valence-corrected chi connectivity index (χ2v) is 9.49. The van der Waals surface area contributed by atoms with Gasteiger partial charge in [0.15, 0.2) is 27.2 Å². The largest absolute Gasteiger partial charge is 0.586 e. The Bertz CT molecular complexity index is 1270. The summed E-state index contributed by atoms with van der Waals surface area (Å²) in [7, 11) is -1.88. The van der Waals surface area contributed by atoms with Gasteiger partial charge >= 0.3 is 6.29 Å². The molecule has 0 amide bonds. The third-order valence-electron chi connectivity index (χ3n) is 5.25. The first-order valence-electron chi connectivity index (χ1n) is 9.18. The SMILES string of the molecule is CCS(=O)(=O)c1cc(C2CC2)cnc1-c1nc2cc3c(cc2n1C)OC(F)(F)O3. The number of ether oxygens (including phenoxy) is 2. The lowest BCUT2D eigenvalue weighted by Gasteiger charge is -2.11. The molecule has 0 spiro atoms. The number of benzene rings is 1. The molecule has 7 nitrogen and oxygen atoms in total. The fourth-order valence-corrected chi connectivity index (χ4v) is 4.57. The van der Waals surface area contributed by atoms with Crippen molar-refractivity contribution in [2.24, 2.45) is 7.05 Å². The standard InChI is InChI=1S/C19H17F2N3O4S/c1-3-29(25,26)16-6-11(10-4-5-10)9-22-17(16)18-23-12-7-14-15(8-13(12)24(18)2)28-19(20,21)27-14/h6-10H,3-5H2,1-2H3. The lowest BCUT2D eigenvalue weighted by Crippen LogP contribution is -2.25. The summed E-state index contributed by atoms with van der Waals surface area (Å²) in [6, 6.07) is 4.43. The highest BCUT2D eigenvalue weighted by molar-refractivity contribution is 7.91. The fraction of sp³-hybridized carbons (Fsp3) is 0.368. The van der Waals surface area contributed by atoms with Crippen LogP contribution in [0, 0.1) is 0 Å². The Morgan fingerprint density at radius 2 is 1.90 bits per heavy atom. The molecule has 1 aliphatic carbocycles. The van der Waals surface area contributed by atoms with Gasteiger partial charge in [0.05, 0.1) is 21.7 Å². The molecule has 1 saturated carbocycles. The maximum Gasteiger partial charge on any atom is 0.586 e. The van der Waals surface area contributed by atoms with Gasteiger partial charge in [-0.3, -0.25) is 4.98 Å². The van der Waals surface area contributed by atoms with E-state index in [0.717, 1.165) is 18.4 Å². The zero-order valence-electron chi connectivity index (χ0n) is 15.6. The topological polar surface area (TPSA) is 83.3 Å². The number of halogens is 2. The minimum Gasteiger partial charge on any atom is -0.395 e. The zero-order chi connectivity index (χ0) is 20.6. The predicted octanol–water partition coefficient (Wildman–Crippen LogP) is 3.63. The van der Waals surface area contributed by atoms with Crippen LogP contribution >= 0.6 is 0 Å². The monoisotopic (exact) mass is 421 g/mol. The molecule has 0 unspecified atom stereocenters. The summed E-state index contributed by atoms with van der Waals surface area (Å²) in [4.78, 5) is 9.03. The molecular formula is C19H17F2N3O4S. The number of pyridine rings is 1. The minimum atomic E-state index is -3.72. The van der Waals surface area contributed by atoms with Gasteiger partial charge in [-0.05, 0) is 30.4 Å². The van der Waals surface area contributed by atoms with Gasteiger partial charge in [0, 0.05) is 25.4 Å². The van der Waals surface area contributed by atoms with Gasteiger partial charge in [-0.2, -0.15) is 0 Å². The molecule has 1 aromatic carbocycles. The summed E-state index contributed by atoms with van der Waals surface area (Å²) in [5.74, 6) is 0.387. The molecule has 1 fully saturated rings. The van der Waals surface area contributed by atoms with Crippen molar-refractivity contribution in [2.75, 3.05) is 5.75 Å². The van der Waals surface area contributed by atoms with Gasteiger partial charge < -0.3 is 14.0 Å². The van der Waals surface area contributed by atoms with Crippen LogP contribution in [0.4, 0.5) is 8.78 Å². The number of hydrogen-bond acceptors (Lipinski definition) is 6. The van der Waals surface area contributed by atoms with E-state index in [9.17, 15) is 17.2 Å². The summed E-state index contributed by atoms with van der Waals surface area (Å²) < 4.78 is 62.8. The van der Waals surface area contributed by atoms with Crippen LogP contribution in [0.25, 0.3) is 22.6 Å². The Kier molecular flexibility index (Phi) is 3.71. The van der Waals surface area contributed by atoms with Crippen molar-refractivity contribution < 1.29 is 26.7 Å². The Labute approximate surface area is 165 Å². The van der Waals surface area contributed by atoms with Gasteiger partial charge in [-0.15, -0.1) is 8.78 Å². The number of aryl methyl sites for hydroxylation is 1. The highest BCUT2D eigenvalue weighted by atomic mass is 32.2. The van der Waals surface area contributed by atoms with Crippen molar-refractivity contribution in [3.05, 3.63) is 30.0 Å². The maximum absolute atomic E-state index is 13.3. The van der Waals surface area contributed by atoms with Crippen molar-refractivity contribution in [2.45, 2.75) is 36.9 Å². The predicted molar refractivity (Wildman–Crippen MR) is 99.8 cm³/mol. The van der Waals surface area contributed by atoms with Crippen LogP contribution < -0.4 is 9.47 Å². The first kappa shape index (κ1) is 18.3. The molecule has 2 aliphatic rings. The van der Waals surface area contributed by atoms with E-state index in [4.69, 9.17) is 0 Å². The van der Waals surface area contributed by atoms with Crippen LogP contribution in [0.5, 0.6) is 11.5 Å². The molecule has 5 rings (SSSR count). The number of hydrogen-bond donors (Lipinski definition) is 0. The van der Waals surface area contributed by atoms with Crippen LogP contribution in [-0.4, -0.2) is 35.0 Å². The van der Waals surface area contributed by atoms with E-state index >= 15 is 0 Å². The van der Waals surface area contributed by atoms with Gasteiger partial charge in [-0.25, -0.2) is 13.4 Å². The smallest absolute Gasteiger partial charge is 0.395 e. The molecule has 0 N–H and O–H groups in total. The molecule has 10 heteroatoms. The second-order valence-electron chi connectivity index (χ2n) is 7.24. The van der Waals surface area contributed by atoms with E-state index in [1.807, 2.05) is 0 Å². The quantitative estimate of drug-likeness (QED) is 0.640. The highest BCUT2D eigenvalue weighted by Gasteiger charge is 2.44. The lowest BCUT2D eigenvalue weighted by atomic mass is 10.2. The average molecular weight is 421 g/mol. The van der Waals surface area contributed by atoms with E-state index < -0.39 is 16.1 Å². The Hall–Kier alpha value is -2.75. The van der Waals surface area contributed by atoms with Crippen LogP contribution in [0.2, 0.25) is 0 Å². The summed E-state index contributed by atoms with van der Waals surface area (Å²) in [6.45, 7) is 1.58. The molecule has 3 heterocycles. The van der Waals surface area contributed by atoms with Crippen molar-refractivity contribution in [3.63, 3.8) is 0 Å². The molecule has 0 atom stereocenters. The van der Waals surface area contributed by atoms with Crippen molar-refractivity contribution in [1.29, 1.82) is 0 Å².